The van der Waals surface area contributed by atoms with Gasteiger partial charge in [-0.1, -0.05) is 30.3 Å². The summed E-state index contributed by atoms with van der Waals surface area (Å²) in [6.45, 7) is 1.74. The molecule has 0 saturated carbocycles. The zero-order valence-corrected chi connectivity index (χ0v) is 15.8. The molecule has 1 aromatic carbocycles. The number of nitrogens with zero attached hydrogens (tertiary/aromatic N) is 2. The third-order valence-corrected chi connectivity index (χ3v) is 5.08. The Labute approximate surface area is 163 Å². The number of imidazole rings is 1. The predicted molar refractivity (Wildman–Crippen MR) is 102 cm³/mol. The molecule has 2 aromatic rings. The number of benzene rings is 1. The average molecular weight is 386 g/mol. The average Bonchev–Trinajstić information content (AvgIpc) is 3.32. The van der Waals surface area contributed by atoms with E-state index in [0.717, 1.165) is 5.69 Å². The first-order valence-corrected chi connectivity index (χ1v) is 9.41. The van der Waals surface area contributed by atoms with Crippen LogP contribution in [-0.4, -0.2) is 56.7 Å². The molecule has 1 fully saturated rings. The molecule has 3 atom stereocenters. The standard InChI is InChI=1S/C20H26N4O4/c1-13-10-21-19(22-13)16-9-14(7-8-25)11-24(16)20(28)18(23-17(27)12-26)15-5-3-2-4-6-15/h2-6,10,14,16,18,25-26H,7-9,11-12H2,1H3,(H,21,22)(H,23,27)/t14-,16-,18+/m0/s1. The quantitative estimate of drug-likeness (QED) is 0.562. The molecule has 8 heteroatoms. The summed E-state index contributed by atoms with van der Waals surface area (Å²) in [6, 6.07) is 7.82. The number of aromatic amines is 1. The second-order valence-corrected chi connectivity index (χ2v) is 7.14. The van der Waals surface area contributed by atoms with E-state index in [1.54, 1.807) is 35.4 Å². The second-order valence-electron chi connectivity index (χ2n) is 7.14. The number of rotatable bonds is 7. The largest absolute Gasteiger partial charge is 0.396 e. The lowest BCUT2D eigenvalue weighted by Crippen LogP contribution is -2.43. The highest BCUT2D eigenvalue weighted by atomic mass is 16.3. The van der Waals surface area contributed by atoms with Crippen LogP contribution in [0.5, 0.6) is 0 Å². The highest BCUT2D eigenvalue weighted by molar-refractivity contribution is 5.89. The number of aryl methyl sites for hydroxylation is 1. The minimum absolute atomic E-state index is 0.0555. The molecule has 150 valence electrons. The van der Waals surface area contributed by atoms with Crippen molar-refractivity contribution in [1.29, 1.82) is 0 Å². The number of nitrogens with one attached hydrogen (secondary N) is 2. The Morgan fingerprint density at radius 2 is 2.07 bits per heavy atom. The van der Waals surface area contributed by atoms with Crippen molar-refractivity contribution in [3.63, 3.8) is 0 Å². The van der Waals surface area contributed by atoms with E-state index >= 15 is 0 Å². The summed E-state index contributed by atoms with van der Waals surface area (Å²) in [4.78, 5) is 34.6. The monoisotopic (exact) mass is 386 g/mol. The zero-order valence-electron chi connectivity index (χ0n) is 15.8. The van der Waals surface area contributed by atoms with Crippen LogP contribution in [0.2, 0.25) is 0 Å². The van der Waals surface area contributed by atoms with Crippen molar-refractivity contribution < 1.29 is 19.8 Å². The van der Waals surface area contributed by atoms with Crippen molar-refractivity contribution in [1.82, 2.24) is 20.2 Å². The highest BCUT2D eigenvalue weighted by Gasteiger charge is 2.40. The third kappa shape index (κ3) is 4.40. The van der Waals surface area contributed by atoms with Crippen molar-refractivity contribution in [2.75, 3.05) is 19.8 Å². The fraction of sp³-hybridized carbons (Fsp3) is 0.450. The third-order valence-electron chi connectivity index (χ3n) is 5.08. The van der Waals surface area contributed by atoms with Gasteiger partial charge in [0, 0.05) is 25.0 Å². The molecule has 0 unspecified atom stereocenters. The summed E-state index contributed by atoms with van der Waals surface area (Å²) in [7, 11) is 0. The number of carbonyl (C=O) groups is 2. The number of hydrogen-bond acceptors (Lipinski definition) is 5. The number of aliphatic hydroxyl groups is 2. The fourth-order valence-corrected chi connectivity index (χ4v) is 3.73. The van der Waals surface area contributed by atoms with E-state index in [1.807, 2.05) is 13.0 Å². The summed E-state index contributed by atoms with van der Waals surface area (Å²) in [6.07, 6.45) is 3.01. The Bertz CT molecular complexity index is 808. The van der Waals surface area contributed by atoms with Gasteiger partial charge in [-0.2, -0.15) is 0 Å². The van der Waals surface area contributed by atoms with E-state index in [4.69, 9.17) is 5.11 Å². The van der Waals surface area contributed by atoms with Crippen LogP contribution in [0.3, 0.4) is 0 Å². The van der Waals surface area contributed by atoms with Crippen molar-refractivity contribution in [2.45, 2.75) is 31.8 Å². The van der Waals surface area contributed by atoms with Crippen LogP contribution in [0.15, 0.2) is 36.5 Å². The molecule has 4 N–H and O–H groups in total. The minimum Gasteiger partial charge on any atom is -0.396 e. The van der Waals surface area contributed by atoms with E-state index < -0.39 is 18.6 Å². The van der Waals surface area contributed by atoms with E-state index in [1.165, 1.54) is 0 Å². The van der Waals surface area contributed by atoms with Crippen LogP contribution in [0.25, 0.3) is 0 Å². The molecule has 1 aromatic heterocycles. The van der Waals surface area contributed by atoms with Gasteiger partial charge < -0.3 is 25.4 Å². The molecule has 1 aliphatic rings. The van der Waals surface area contributed by atoms with E-state index in [9.17, 15) is 14.7 Å². The molecule has 0 aliphatic carbocycles. The smallest absolute Gasteiger partial charge is 0.250 e. The van der Waals surface area contributed by atoms with Crippen LogP contribution in [0, 0.1) is 12.8 Å². The van der Waals surface area contributed by atoms with Crippen molar-refractivity contribution in [3.8, 4) is 0 Å². The number of hydrogen-bond donors (Lipinski definition) is 4. The molecular formula is C20H26N4O4. The van der Waals surface area contributed by atoms with Crippen LogP contribution in [0.4, 0.5) is 0 Å². The van der Waals surface area contributed by atoms with E-state index in [0.29, 0.717) is 30.8 Å². The topological polar surface area (TPSA) is 119 Å². The fourth-order valence-electron chi connectivity index (χ4n) is 3.73. The maximum atomic E-state index is 13.5. The molecule has 3 rings (SSSR count). The van der Waals surface area contributed by atoms with Gasteiger partial charge in [0.1, 0.15) is 18.5 Å². The van der Waals surface area contributed by atoms with Crippen LogP contribution < -0.4 is 5.32 Å². The van der Waals surface area contributed by atoms with Crippen molar-refractivity contribution >= 4 is 11.8 Å². The Kier molecular flexibility index (Phi) is 6.43. The Hall–Kier alpha value is -2.71. The molecule has 0 spiro atoms. The lowest BCUT2D eigenvalue weighted by molar-refractivity contribution is -0.138. The van der Waals surface area contributed by atoms with Gasteiger partial charge >= 0.3 is 0 Å². The molecule has 1 aliphatic heterocycles. The SMILES string of the molecule is Cc1cnc([C@@H]2C[C@H](CCO)CN2C(=O)[C@H](NC(=O)CO)c2ccccc2)[nH]1. The van der Waals surface area contributed by atoms with E-state index in [2.05, 4.69) is 15.3 Å². The first-order chi connectivity index (χ1) is 13.5. The van der Waals surface area contributed by atoms with Crippen molar-refractivity contribution in [3.05, 3.63) is 53.6 Å². The number of amides is 2. The first-order valence-electron chi connectivity index (χ1n) is 9.41. The Morgan fingerprint density at radius 3 is 2.68 bits per heavy atom. The summed E-state index contributed by atoms with van der Waals surface area (Å²) < 4.78 is 0. The van der Waals surface area contributed by atoms with Gasteiger partial charge in [-0.15, -0.1) is 0 Å². The summed E-state index contributed by atoms with van der Waals surface area (Å²) in [5, 5.41) is 21.1. The summed E-state index contributed by atoms with van der Waals surface area (Å²) in [5.41, 5.74) is 1.55. The normalized spacial score (nSPS) is 20.2. The van der Waals surface area contributed by atoms with Gasteiger partial charge in [-0.05, 0) is 31.2 Å². The van der Waals surface area contributed by atoms with Gasteiger partial charge in [-0.3, -0.25) is 9.59 Å². The molecule has 8 nitrogen and oxygen atoms in total. The highest BCUT2D eigenvalue weighted by Crippen LogP contribution is 2.37. The van der Waals surface area contributed by atoms with Crippen LogP contribution in [0.1, 0.15) is 42.0 Å². The lowest BCUT2D eigenvalue weighted by Gasteiger charge is -2.28. The van der Waals surface area contributed by atoms with Gasteiger partial charge in [0.05, 0.1) is 6.04 Å². The second kappa shape index (κ2) is 8.99. The Morgan fingerprint density at radius 1 is 1.32 bits per heavy atom. The lowest BCUT2D eigenvalue weighted by atomic mass is 10.0. The number of H-pyrrole nitrogens is 1. The number of aromatic nitrogens is 2. The molecule has 0 bridgehead atoms. The van der Waals surface area contributed by atoms with Crippen LogP contribution in [-0.2, 0) is 9.59 Å². The molecule has 2 heterocycles. The van der Waals surface area contributed by atoms with Gasteiger partial charge in [0.2, 0.25) is 11.8 Å². The first kappa shape index (κ1) is 20.0. The predicted octanol–water partition coefficient (Wildman–Crippen LogP) is 0.840. The molecule has 28 heavy (non-hydrogen) atoms. The molecule has 1 saturated heterocycles. The molecule has 2 amide bonds. The summed E-state index contributed by atoms with van der Waals surface area (Å²) in [5.74, 6) is -0.0212. The molecular weight excluding hydrogens is 360 g/mol. The van der Waals surface area contributed by atoms with Crippen molar-refractivity contribution in [2.24, 2.45) is 5.92 Å². The maximum Gasteiger partial charge on any atom is 0.250 e. The van der Waals surface area contributed by atoms with Gasteiger partial charge in [0.25, 0.3) is 0 Å². The Balaban J connectivity index is 1.91. The number of aliphatic hydroxyl groups excluding tert-OH is 2. The van der Waals surface area contributed by atoms with Crippen LogP contribution >= 0.6 is 0 Å². The number of carbonyl (C=O) groups excluding carboxylic acids is 2. The zero-order chi connectivity index (χ0) is 20.1. The minimum atomic E-state index is -0.896. The number of likely N-dealkylation sites (tertiary alicyclic amines) is 1. The summed E-state index contributed by atoms with van der Waals surface area (Å²) >= 11 is 0. The van der Waals surface area contributed by atoms with Gasteiger partial charge in [-0.25, -0.2) is 4.98 Å². The van der Waals surface area contributed by atoms with Gasteiger partial charge in [0.15, 0.2) is 0 Å². The molecule has 0 radical (unpaired) electrons. The van der Waals surface area contributed by atoms with E-state index in [-0.39, 0.29) is 24.5 Å². The maximum absolute atomic E-state index is 13.5.